The van der Waals surface area contributed by atoms with Crippen molar-refractivity contribution in [3.8, 4) is 0 Å². The average Bonchev–Trinajstić information content (AvgIpc) is 2.61. The number of ether oxygens (including phenoxy) is 1. The molecule has 2 rings (SSSR count). The van der Waals surface area contributed by atoms with E-state index in [1.807, 2.05) is 50.9 Å². The van der Waals surface area contributed by atoms with Crippen molar-refractivity contribution in [2.75, 3.05) is 13.6 Å². The maximum Gasteiger partial charge on any atom is 0.338 e. The topological polar surface area (TPSA) is 41.9 Å². The molecule has 138 valence electrons. The standard InChI is InChI=1S/C21H25ClN2O2/c1-6-24(5)13-23-20-10-9-19(15(3)16(20)4)21(25)26-12-17-7-8-18(22)11-14(17)2/h7-11,13H,6,12H2,1-5H3. The van der Waals surface area contributed by atoms with Crippen molar-refractivity contribution in [3.05, 3.63) is 63.2 Å². The molecule has 0 N–H and O–H groups in total. The van der Waals surface area contributed by atoms with E-state index in [4.69, 9.17) is 16.3 Å². The zero-order valence-corrected chi connectivity index (χ0v) is 16.7. The third-order valence-corrected chi connectivity index (χ3v) is 4.77. The largest absolute Gasteiger partial charge is 0.457 e. The van der Waals surface area contributed by atoms with Crippen LogP contribution in [0.2, 0.25) is 5.02 Å². The molecule has 5 heteroatoms. The van der Waals surface area contributed by atoms with Crippen LogP contribution in [0.3, 0.4) is 0 Å². The summed E-state index contributed by atoms with van der Waals surface area (Å²) >= 11 is 5.96. The van der Waals surface area contributed by atoms with Gasteiger partial charge >= 0.3 is 5.97 Å². The molecule has 26 heavy (non-hydrogen) atoms. The number of rotatable bonds is 6. The van der Waals surface area contributed by atoms with Crippen LogP contribution in [0.1, 0.15) is 39.5 Å². The van der Waals surface area contributed by atoms with E-state index >= 15 is 0 Å². The van der Waals surface area contributed by atoms with Crippen LogP contribution in [0.25, 0.3) is 0 Å². The molecular weight excluding hydrogens is 348 g/mol. The highest BCUT2D eigenvalue weighted by Gasteiger charge is 2.14. The zero-order valence-electron chi connectivity index (χ0n) is 16.0. The first-order chi connectivity index (χ1) is 12.3. The minimum Gasteiger partial charge on any atom is -0.457 e. The Morgan fingerprint density at radius 3 is 2.58 bits per heavy atom. The fourth-order valence-electron chi connectivity index (χ4n) is 2.45. The normalized spacial score (nSPS) is 11.0. The molecule has 0 saturated heterocycles. The van der Waals surface area contributed by atoms with Gasteiger partial charge in [0.2, 0.25) is 0 Å². The summed E-state index contributed by atoms with van der Waals surface area (Å²) in [5.41, 5.74) is 5.23. The second-order valence-corrected chi connectivity index (χ2v) is 6.78. The Morgan fingerprint density at radius 2 is 1.92 bits per heavy atom. The highest BCUT2D eigenvalue weighted by Crippen LogP contribution is 2.25. The molecule has 0 aliphatic heterocycles. The van der Waals surface area contributed by atoms with Gasteiger partial charge in [-0.15, -0.1) is 0 Å². The highest BCUT2D eigenvalue weighted by atomic mass is 35.5. The second kappa shape index (κ2) is 8.86. The van der Waals surface area contributed by atoms with E-state index in [0.717, 1.165) is 34.5 Å². The Morgan fingerprint density at radius 1 is 1.19 bits per heavy atom. The summed E-state index contributed by atoms with van der Waals surface area (Å²) in [6.07, 6.45) is 1.79. The fourth-order valence-corrected chi connectivity index (χ4v) is 2.68. The van der Waals surface area contributed by atoms with E-state index < -0.39 is 0 Å². The van der Waals surface area contributed by atoms with E-state index in [1.54, 1.807) is 18.5 Å². The van der Waals surface area contributed by atoms with Gasteiger partial charge in [0.25, 0.3) is 0 Å². The molecule has 0 fully saturated rings. The van der Waals surface area contributed by atoms with Crippen molar-refractivity contribution in [1.29, 1.82) is 0 Å². The van der Waals surface area contributed by atoms with Crippen LogP contribution >= 0.6 is 11.6 Å². The van der Waals surface area contributed by atoms with E-state index in [-0.39, 0.29) is 12.6 Å². The fraction of sp³-hybridized carbons (Fsp3) is 0.333. The number of aryl methyl sites for hydroxylation is 1. The third kappa shape index (κ3) is 4.85. The average molecular weight is 373 g/mol. The summed E-state index contributed by atoms with van der Waals surface area (Å²) in [5.74, 6) is -0.332. The maximum atomic E-state index is 12.5. The molecule has 2 aromatic rings. The highest BCUT2D eigenvalue weighted by molar-refractivity contribution is 6.30. The number of benzene rings is 2. The van der Waals surface area contributed by atoms with Crippen molar-refractivity contribution in [3.63, 3.8) is 0 Å². The molecule has 0 saturated carbocycles. The lowest BCUT2D eigenvalue weighted by Gasteiger charge is -2.13. The Bertz CT molecular complexity index is 831. The molecule has 4 nitrogen and oxygen atoms in total. The van der Waals surface area contributed by atoms with Crippen LogP contribution < -0.4 is 0 Å². The van der Waals surface area contributed by atoms with Gasteiger partial charge in [-0.3, -0.25) is 0 Å². The summed E-state index contributed by atoms with van der Waals surface area (Å²) in [5, 5.41) is 0.675. The molecule has 0 amide bonds. The van der Waals surface area contributed by atoms with Crippen LogP contribution in [0.15, 0.2) is 35.3 Å². The Balaban J connectivity index is 2.14. The van der Waals surface area contributed by atoms with Gasteiger partial charge in [-0.05, 0) is 74.2 Å². The molecule has 0 heterocycles. The maximum absolute atomic E-state index is 12.5. The van der Waals surface area contributed by atoms with Crippen LogP contribution in [-0.4, -0.2) is 30.8 Å². The Labute approximate surface area is 160 Å². The number of halogens is 1. The lowest BCUT2D eigenvalue weighted by Crippen LogP contribution is -2.14. The van der Waals surface area contributed by atoms with Gasteiger partial charge in [0.1, 0.15) is 6.61 Å². The first kappa shape index (κ1) is 20.0. The van der Waals surface area contributed by atoms with Crippen molar-refractivity contribution >= 4 is 29.6 Å². The van der Waals surface area contributed by atoms with Crippen molar-refractivity contribution < 1.29 is 9.53 Å². The SMILES string of the molecule is CCN(C)C=Nc1ccc(C(=O)OCc2ccc(Cl)cc2C)c(C)c1C. The quantitative estimate of drug-likeness (QED) is 0.396. The predicted molar refractivity (Wildman–Crippen MR) is 108 cm³/mol. The Hall–Kier alpha value is -2.33. The van der Waals surface area contributed by atoms with Crippen molar-refractivity contribution in [2.45, 2.75) is 34.3 Å². The number of esters is 1. The third-order valence-electron chi connectivity index (χ3n) is 4.53. The molecule has 0 radical (unpaired) electrons. The van der Waals surface area contributed by atoms with E-state index in [2.05, 4.69) is 11.9 Å². The summed E-state index contributed by atoms with van der Waals surface area (Å²) in [4.78, 5) is 19.0. The molecule has 0 bridgehead atoms. The van der Waals surface area contributed by atoms with Gasteiger partial charge in [-0.1, -0.05) is 17.7 Å². The summed E-state index contributed by atoms with van der Waals surface area (Å²) in [6, 6.07) is 9.17. The van der Waals surface area contributed by atoms with Gasteiger partial charge in [-0.2, -0.15) is 0 Å². The summed E-state index contributed by atoms with van der Waals surface area (Å²) < 4.78 is 5.50. The van der Waals surface area contributed by atoms with Gasteiger partial charge in [0.15, 0.2) is 0 Å². The molecule has 0 aromatic heterocycles. The number of carbonyl (C=O) groups excluding carboxylic acids is 1. The minimum atomic E-state index is -0.332. The smallest absolute Gasteiger partial charge is 0.338 e. The predicted octanol–water partition coefficient (Wildman–Crippen LogP) is 5.23. The van der Waals surface area contributed by atoms with E-state index in [0.29, 0.717) is 10.6 Å². The van der Waals surface area contributed by atoms with Gasteiger partial charge in [0.05, 0.1) is 17.6 Å². The van der Waals surface area contributed by atoms with Crippen LogP contribution in [0.4, 0.5) is 5.69 Å². The molecule has 0 spiro atoms. The summed E-state index contributed by atoms with van der Waals surface area (Å²) in [7, 11) is 1.97. The monoisotopic (exact) mass is 372 g/mol. The lowest BCUT2D eigenvalue weighted by molar-refractivity contribution is 0.0471. The van der Waals surface area contributed by atoms with Crippen molar-refractivity contribution in [2.24, 2.45) is 4.99 Å². The molecule has 2 aromatic carbocycles. The molecule has 0 aliphatic rings. The molecule has 0 atom stereocenters. The second-order valence-electron chi connectivity index (χ2n) is 6.35. The Kier molecular flexibility index (Phi) is 6.81. The first-order valence-corrected chi connectivity index (χ1v) is 8.98. The summed E-state index contributed by atoms with van der Waals surface area (Å²) in [6.45, 7) is 9.00. The zero-order chi connectivity index (χ0) is 19.3. The van der Waals surface area contributed by atoms with E-state index in [9.17, 15) is 4.79 Å². The molecule has 0 aliphatic carbocycles. The number of hydrogen-bond acceptors (Lipinski definition) is 3. The van der Waals surface area contributed by atoms with Gasteiger partial charge in [-0.25, -0.2) is 9.79 Å². The number of carbonyl (C=O) groups is 1. The van der Waals surface area contributed by atoms with Gasteiger partial charge in [0, 0.05) is 18.6 Å². The van der Waals surface area contributed by atoms with Crippen LogP contribution in [0.5, 0.6) is 0 Å². The number of hydrogen-bond donors (Lipinski definition) is 0. The van der Waals surface area contributed by atoms with Crippen LogP contribution in [0, 0.1) is 20.8 Å². The molecular formula is C21H25ClN2O2. The first-order valence-electron chi connectivity index (χ1n) is 8.60. The van der Waals surface area contributed by atoms with Crippen LogP contribution in [-0.2, 0) is 11.3 Å². The number of aliphatic imine (C=N–C) groups is 1. The van der Waals surface area contributed by atoms with Crippen molar-refractivity contribution in [1.82, 2.24) is 4.90 Å². The lowest BCUT2D eigenvalue weighted by atomic mass is 10.0. The van der Waals surface area contributed by atoms with Gasteiger partial charge < -0.3 is 9.64 Å². The molecule has 0 unspecified atom stereocenters. The minimum absolute atomic E-state index is 0.224. The number of nitrogens with zero attached hydrogens (tertiary/aromatic N) is 2. The van der Waals surface area contributed by atoms with E-state index in [1.165, 1.54) is 0 Å².